The van der Waals surface area contributed by atoms with Crippen LogP contribution < -0.4 is 10.1 Å². The topological polar surface area (TPSA) is 84.5 Å². The Bertz CT molecular complexity index is 750. The quantitative estimate of drug-likeness (QED) is 0.841. The first-order chi connectivity index (χ1) is 13.2. The Kier molecular flexibility index (Phi) is 4.87. The third kappa shape index (κ3) is 3.62. The molecule has 1 N–H and O–H groups in total. The molecule has 0 radical (unpaired) electrons. The highest BCUT2D eigenvalue weighted by Gasteiger charge is 2.62. The molecule has 1 aromatic rings. The van der Waals surface area contributed by atoms with E-state index >= 15 is 0 Å². The van der Waals surface area contributed by atoms with Gasteiger partial charge in [0.25, 0.3) is 5.91 Å². The molecule has 3 saturated heterocycles. The third-order valence-corrected chi connectivity index (χ3v) is 4.86. The molecule has 3 aliphatic rings. The summed E-state index contributed by atoms with van der Waals surface area (Å²) in [5, 5.41) is 2.88. The minimum atomic E-state index is -0.916. The summed E-state index contributed by atoms with van der Waals surface area (Å²) in [6, 6.07) is 7.25. The molecule has 154 valence electrons. The van der Waals surface area contributed by atoms with Gasteiger partial charge in [-0.2, -0.15) is 0 Å². The van der Waals surface area contributed by atoms with Gasteiger partial charge in [0.15, 0.2) is 24.0 Å². The van der Waals surface area contributed by atoms with Crippen LogP contribution in [0.15, 0.2) is 24.3 Å². The lowest BCUT2D eigenvalue weighted by Crippen LogP contribution is -2.58. The van der Waals surface area contributed by atoms with Crippen molar-refractivity contribution in [1.29, 1.82) is 0 Å². The van der Waals surface area contributed by atoms with Crippen LogP contribution in [-0.4, -0.2) is 54.8 Å². The van der Waals surface area contributed by atoms with E-state index in [0.717, 1.165) is 0 Å². The Morgan fingerprint density at radius 3 is 2.39 bits per heavy atom. The Hall–Kier alpha value is -1.71. The molecule has 3 aliphatic heterocycles. The van der Waals surface area contributed by atoms with Crippen molar-refractivity contribution in [2.75, 3.05) is 11.9 Å². The molecule has 3 fully saturated rings. The number of hydrogen-bond acceptors (Lipinski definition) is 7. The number of fused-ring (bicyclic) bond motifs is 3. The smallest absolute Gasteiger partial charge is 0.256 e. The zero-order valence-electron chi connectivity index (χ0n) is 16.8. The molecule has 0 saturated carbocycles. The van der Waals surface area contributed by atoms with Crippen molar-refractivity contribution < 1.29 is 33.2 Å². The number of rotatable bonds is 4. The molecule has 5 unspecified atom stereocenters. The Morgan fingerprint density at radius 2 is 1.64 bits per heavy atom. The first kappa shape index (κ1) is 19.6. The fourth-order valence-electron chi connectivity index (χ4n) is 3.88. The predicted molar refractivity (Wildman–Crippen MR) is 98.8 cm³/mol. The standard InChI is InChI=1S/C20H27NO7/c1-6-23-12-10-8-7-9-11(12)21-17(22)15-13-14(26-19(2,3)25-13)16-18(24-15)28-20(4,5)27-16/h7-10,13-16,18H,6H2,1-5H3,(H,21,22). The van der Waals surface area contributed by atoms with E-state index in [9.17, 15) is 4.79 Å². The lowest BCUT2D eigenvalue weighted by molar-refractivity contribution is -0.229. The van der Waals surface area contributed by atoms with Crippen LogP contribution in [0.4, 0.5) is 5.69 Å². The minimum Gasteiger partial charge on any atom is -0.492 e. The van der Waals surface area contributed by atoms with E-state index < -0.39 is 42.3 Å². The van der Waals surface area contributed by atoms with Gasteiger partial charge in [0.1, 0.15) is 24.1 Å². The number of carbonyl (C=O) groups is 1. The highest BCUT2D eigenvalue weighted by molar-refractivity contribution is 5.96. The van der Waals surface area contributed by atoms with Gasteiger partial charge in [-0.15, -0.1) is 0 Å². The number of para-hydroxylation sites is 2. The molecule has 1 amide bonds. The SMILES string of the molecule is CCOc1ccccc1NC(=O)C1OC2OC(C)(C)OC2C2OC(C)(C)OC12. The van der Waals surface area contributed by atoms with Crippen LogP contribution in [0.2, 0.25) is 0 Å². The second-order valence-corrected chi connectivity index (χ2v) is 8.01. The monoisotopic (exact) mass is 393 g/mol. The van der Waals surface area contributed by atoms with Crippen LogP contribution in [0.5, 0.6) is 5.75 Å². The van der Waals surface area contributed by atoms with Gasteiger partial charge >= 0.3 is 0 Å². The van der Waals surface area contributed by atoms with Gasteiger partial charge < -0.3 is 33.7 Å². The van der Waals surface area contributed by atoms with Crippen LogP contribution >= 0.6 is 0 Å². The zero-order chi connectivity index (χ0) is 20.1. The van der Waals surface area contributed by atoms with Crippen molar-refractivity contribution >= 4 is 11.6 Å². The maximum atomic E-state index is 13.1. The fourth-order valence-corrected chi connectivity index (χ4v) is 3.88. The van der Waals surface area contributed by atoms with Crippen molar-refractivity contribution in [3.8, 4) is 5.75 Å². The lowest BCUT2D eigenvalue weighted by atomic mass is 9.98. The third-order valence-electron chi connectivity index (χ3n) is 4.86. The molecular weight excluding hydrogens is 366 g/mol. The van der Waals surface area contributed by atoms with Gasteiger partial charge in [-0.3, -0.25) is 4.79 Å². The molecular formula is C20H27NO7. The van der Waals surface area contributed by atoms with Crippen molar-refractivity contribution in [2.45, 2.75) is 76.9 Å². The van der Waals surface area contributed by atoms with E-state index in [1.54, 1.807) is 39.8 Å². The van der Waals surface area contributed by atoms with E-state index in [-0.39, 0.29) is 5.91 Å². The highest BCUT2D eigenvalue weighted by atomic mass is 16.9. The maximum Gasteiger partial charge on any atom is 0.256 e. The Balaban J connectivity index is 1.57. The van der Waals surface area contributed by atoms with E-state index in [4.69, 9.17) is 28.4 Å². The van der Waals surface area contributed by atoms with Crippen molar-refractivity contribution in [3.63, 3.8) is 0 Å². The highest BCUT2D eigenvalue weighted by Crippen LogP contribution is 2.44. The first-order valence-corrected chi connectivity index (χ1v) is 9.58. The zero-order valence-corrected chi connectivity index (χ0v) is 16.8. The van der Waals surface area contributed by atoms with Crippen LogP contribution in [0, 0.1) is 0 Å². The first-order valence-electron chi connectivity index (χ1n) is 9.58. The van der Waals surface area contributed by atoms with Crippen LogP contribution in [0.3, 0.4) is 0 Å². The molecule has 0 aliphatic carbocycles. The minimum absolute atomic E-state index is 0.352. The summed E-state index contributed by atoms with van der Waals surface area (Å²) < 4.78 is 35.4. The van der Waals surface area contributed by atoms with Gasteiger partial charge in [-0.1, -0.05) is 12.1 Å². The second-order valence-electron chi connectivity index (χ2n) is 8.01. The normalized spacial score (nSPS) is 35.1. The average Bonchev–Trinajstić information content (AvgIpc) is 3.10. The van der Waals surface area contributed by atoms with Crippen LogP contribution in [0.1, 0.15) is 34.6 Å². The summed E-state index contributed by atoms with van der Waals surface area (Å²) in [7, 11) is 0. The molecule has 8 nitrogen and oxygen atoms in total. The summed E-state index contributed by atoms with van der Waals surface area (Å²) in [4.78, 5) is 13.1. The molecule has 8 heteroatoms. The number of nitrogens with one attached hydrogen (secondary N) is 1. The summed E-state index contributed by atoms with van der Waals surface area (Å²) in [5.74, 6) is -1.45. The summed E-state index contributed by atoms with van der Waals surface area (Å²) in [6.07, 6.45) is -3.20. The summed E-state index contributed by atoms with van der Waals surface area (Å²) in [6.45, 7) is 9.60. The van der Waals surface area contributed by atoms with Gasteiger partial charge in [0.2, 0.25) is 0 Å². The molecule has 28 heavy (non-hydrogen) atoms. The number of benzene rings is 1. The fraction of sp³-hybridized carbons (Fsp3) is 0.650. The summed E-state index contributed by atoms with van der Waals surface area (Å²) >= 11 is 0. The van der Waals surface area contributed by atoms with Gasteiger partial charge in [0.05, 0.1) is 12.3 Å². The summed E-state index contributed by atoms with van der Waals surface area (Å²) in [5.41, 5.74) is 0.568. The second kappa shape index (κ2) is 6.96. The molecule has 0 spiro atoms. The molecule has 1 aromatic carbocycles. The molecule has 5 atom stereocenters. The number of carbonyl (C=O) groups excluding carboxylic acids is 1. The van der Waals surface area contributed by atoms with E-state index in [0.29, 0.717) is 18.0 Å². The van der Waals surface area contributed by atoms with Gasteiger partial charge in [-0.25, -0.2) is 0 Å². The molecule has 0 aromatic heterocycles. The predicted octanol–water partition coefficient (Wildman–Crippen LogP) is 2.42. The average molecular weight is 393 g/mol. The van der Waals surface area contributed by atoms with E-state index in [2.05, 4.69) is 5.32 Å². The molecule has 0 bridgehead atoms. The Labute approximate surface area is 164 Å². The van der Waals surface area contributed by atoms with Crippen molar-refractivity contribution in [2.24, 2.45) is 0 Å². The number of amides is 1. The van der Waals surface area contributed by atoms with Crippen LogP contribution in [0.25, 0.3) is 0 Å². The molecule has 4 rings (SSSR count). The van der Waals surface area contributed by atoms with Crippen LogP contribution in [-0.2, 0) is 28.5 Å². The maximum absolute atomic E-state index is 13.1. The Morgan fingerprint density at radius 1 is 1.00 bits per heavy atom. The van der Waals surface area contributed by atoms with Gasteiger partial charge in [0, 0.05) is 0 Å². The largest absolute Gasteiger partial charge is 0.492 e. The number of anilines is 1. The van der Waals surface area contributed by atoms with E-state index in [1.807, 2.05) is 19.1 Å². The number of hydrogen-bond donors (Lipinski definition) is 1. The van der Waals surface area contributed by atoms with Crippen molar-refractivity contribution in [3.05, 3.63) is 24.3 Å². The van der Waals surface area contributed by atoms with Gasteiger partial charge in [-0.05, 0) is 46.8 Å². The van der Waals surface area contributed by atoms with E-state index in [1.165, 1.54) is 0 Å². The lowest BCUT2D eigenvalue weighted by Gasteiger charge is -2.36. The number of ether oxygens (including phenoxy) is 6. The molecule has 3 heterocycles. The van der Waals surface area contributed by atoms with Crippen molar-refractivity contribution in [1.82, 2.24) is 0 Å².